The average molecular weight is 240 g/mol. The predicted octanol–water partition coefficient (Wildman–Crippen LogP) is 2.94. The number of azide groups is 1. The highest BCUT2D eigenvalue weighted by Gasteiger charge is 2.39. The van der Waals surface area contributed by atoms with Crippen LogP contribution in [0.5, 0.6) is 0 Å². The molecule has 96 valence electrons. The first kappa shape index (κ1) is 13.8. The third kappa shape index (κ3) is 3.35. The van der Waals surface area contributed by atoms with Crippen molar-refractivity contribution in [2.24, 2.45) is 22.9 Å². The molecule has 0 bridgehead atoms. The quantitative estimate of drug-likeness (QED) is 0.270. The van der Waals surface area contributed by atoms with Crippen LogP contribution in [-0.2, 0) is 9.47 Å². The fraction of sp³-hybridized carbons (Fsp3) is 0.909. The van der Waals surface area contributed by atoms with Crippen LogP contribution in [0.2, 0.25) is 0 Å². The molecule has 0 saturated carbocycles. The van der Waals surface area contributed by atoms with E-state index in [1.165, 1.54) is 0 Å². The molecule has 0 aromatic rings. The second kappa shape index (κ2) is 5.89. The zero-order chi connectivity index (χ0) is 13.0. The van der Waals surface area contributed by atoms with Crippen molar-refractivity contribution in [2.75, 3.05) is 6.54 Å². The lowest BCUT2D eigenvalue weighted by Crippen LogP contribution is -2.47. The van der Waals surface area contributed by atoms with E-state index in [0.717, 1.165) is 0 Å². The van der Waals surface area contributed by atoms with Gasteiger partial charge in [0, 0.05) is 17.8 Å². The molecular weight excluding hydrogens is 220 g/mol. The molecule has 0 aromatic heterocycles. The topological polar surface area (TPSA) is 91.1 Å². The summed E-state index contributed by atoms with van der Waals surface area (Å²) in [5.74, 6) is 1.06. The van der Waals surface area contributed by atoms with E-state index < -0.39 is 6.29 Å². The molecule has 1 rings (SSSR count). The first-order valence-corrected chi connectivity index (χ1v) is 5.85. The van der Waals surface area contributed by atoms with Crippen molar-refractivity contribution in [1.29, 1.82) is 5.41 Å². The summed E-state index contributed by atoms with van der Waals surface area (Å²) in [4.78, 5) is 2.76. The summed E-state index contributed by atoms with van der Waals surface area (Å²) in [6, 6.07) is 0. The van der Waals surface area contributed by atoms with Gasteiger partial charge < -0.3 is 9.47 Å². The minimum absolute atomic E-state index is 0.138. The Hall–Kier alpha value is -1.26. The van der Waals surface area contributed by atoms with Gasteiger partial charge in [0.25, 0.3) is 0 Å². The zero-order valence-corrected chi connectivity index (χ0v) is 10.8. The molecule has 1 aliphatic heterocycles. The second-order valence-electron chi connectivity index (χ2n) is 4.71. The standard InChI is InChI=1S/C11H20N4O2/c1-6-7(2)10(5-14-15-13)17-11(8(6)3)16-9(4)12/h6-8,10-12H,5H2,1-4H3. The first-order chi connectivity index (χ1) is 7.97. The van der Waals surface area contributed by atoms with Crippen molar-refractivity contribution in [3.63, 3.8) is 0 Å². The van der Waals surface area contributed by atoms with Crippen LogP contribution in [0.15, 0.2) is 5.11 Å². The largest absolute Gasteiger partial charge is 0.452 e. The lowest BCUT2D eigenvalue weighted by Gasteiger charge is -2.42. The minimum atomic E-state index is -0.419. The van der Waals surface area contributed by atoms with Gasteiger partial charge in [0.15, 0.2) is 5.90 Å². The van der Waals surface area contributed by atoms with Crippen LogP contribution in [0.4, 0.5) is 0 Å². The maximum absolute atomic E-state index is 8.35. The van der Waals surface area contributed by atoms with Crippen LogP contribution < -0.4 is 0 Å². The van der Waals surface area contributed by atoms with E-state index in [1.54, 1.807) is 6.92 Å². The molecule has 5 atom stereocenters. The van der Waals surface area contributed by atoms with Gasteiger partial charge >= 0.3 is 0 Å². The summed E-state index contributed by atoms with van der Waals surface area (Å²) in [6.45, 7) is 8.17. The Bertz CT molecular complexity index is 311. The second-order valence-corrected chi connectivity index (χ2v) is 4.71. The van der Waals surface area contributed by atoms with Gasteiger partial charge in [-0.25, -0.2) is 0 Å². The van der Waals surface area contributed by atoms with Crippen molar-refractivity contribution in [3.05, 3.63) is 10.4 Å². The average Bonchev–Trinajstić information content (AvgIpc) is 2.28. The number of ether oxygens (including phenoxy) is 2. The normalized spacial score (nSPS) is 37.1. The van der Waals surface area contributed by atoms with Crippen molar-refractivity contribution < 1.29 is 9.47 Å². The molecule has 1 saturated heterocycles. The summed E-state index contributed by atoms with van der Waals surface area (Å²) in [7, 11) is 0. The smallest absolute Gasteiger partial charge is 0.204 e. The van der Waals surface area contributed by atoms with Crippen LogP contribution in [0.25, 0.3) is 10.4 Å². The number of nitrogens with zero attached hydrogens (tertiary/aromatic N) is 3. The maximum atomic E-state index is 8.35. The van der Waals surface area contributed by atoms with E-state index in [1.807, 2.05) is 0 Å². The van der Waals surface area contributed by atoms with Crippen molar-refractivity contribution in [3.8, 4) is 0 Å². The van der Waals surface area contributed by atoms with Gasteiger partial charge in [-0.2, -0.15) is 0 Å². The molecule has 0 aliphatic carbocycles. The van der Waals surface area contributed by atoms with Crippen molar-refractivity contribution in [2.45, 2.75) is 40.1 Å². The molecule has 1 aliphatic rings. The maximum Gasteiger partial charge on any atom is 0.204 e. The zero-order valence-electron chi connectivity index (χ0n) is 10.8. The Kier molecular flexibility index (Phi) is 4.78. The van der Waals surface area contributed by atoms with Gasteiger partial charge in [0.1, 0.15) is 0 Å². The SMILES string of the molecule is CC(=N)OC1OC(CN=[N+]=[N-])C(C)C(C)C1C. The number of rotatable bonds is 3. The highest BCUT2D eigenvalue weighted by molar-refractivity contribution is 5.69. The first-order valence-electron chi connectivity index (χ1n) is 5.85. The molecule has 1 fully saturated rings. The van der Waals surface area contributed by atoms with E-state index in [-0.39, 0.29) is 17.9 Å². The van der Waals surface area contributed by atoms with Crippen LogP contribution in [0, 0.1) is 23.2 Å². The third-order valence-corrected chi connectivity index (χ3v) is 3.60. The number of hydrogen-bond donors (Lipinski definition) is 1. The van der Waals surface area contributed by atoms with E-state index in [9.17, 15) is 0 Å². The monoisotopic (exact) mass is 240 g/mol. The van der Waals surface area contributed by atoms with Gasteiger partial charge in [-0.05, 0) is 17.4 Å². The lowest BCUT2D eigenvalue weighted by atomic mass is 9.79. The van der Waals surface area contributed by atoms with Crippen LogP contribution in [0.1, 0.15) is 27.7 Å². The fourth-order valence-corrected chi connectivity index (χ4v) is 2.12. The summed E-state index contributed by atoms with van der Waals surface area (Å²) in [5, 5.41) is 10.9. The Morgan fingerprint density at radius 1 is 1.35 bits per heavy atom. The fourth-order valence-electron chi connectivity index (χ4n) is 2.12. The number of hydrogen-bond acceptors (Lipinski definition) is 4. The summed E-state index contributed by atoms with van der Waals surface area (Å²) in [5.41, 5.74) is 8.35. The highest BCUT2D eigenvalue weighted by atomic mass is 16.7. The van der Waals surface area contributed by atoms with Gasteiger partial charge in [0.05, 0.1) is 12.6 Å². The van der Waals surface area contributed by atoms with E-state index in [2.05, 4.69) is 30.8 Å². The molecule has 0 amide bonds. The summed E-state index contributed by atoms with van der Waals surface area (Å²) < 4.78 is 11.1. The van der Waals surface area contributed by atoms with Gasteiger partial charge in [-0.15, -0.1) is 0 Å². The van der Waals surface area contributed by atoms with E-state index in [4.69, 9.17) is 20.4 Å². The molecular formula is C11H20N4O2. The predicted molar refractivity (Wildman–Crippen MR) is 64.7 cm³/mol. The Labute approximate surface area is 101 Å². The van der Waals surface area contributed by atoms with Gasteiger partial charge in [-0.1, -0.05) is 25.9 Å². The Morgan fingerprint density at radius 3 is 2.53 bits per heavy atom. The minimum Gasteiger partial charge on any atom is -0.452 e. The highest BCUT2D eigenvalue weighted by Crippen LogP contribution is 2.35. The molecule has 5 unspecified atom stereocenters. The Balaban J connectivity index is 2.74. The molecule has 1 heterocycles. The molecule has 17 heavy (non-hydrogen) atoms. The molecule has 0 spiro atoms. The van der Waals surface area contributed by atoms with Crippen molar-refractivity contribution >= 4 is 5.90 Å². The van der Waals surface area contributed by atoms with Gasteiger partial charge in [-0.3, -0.25) is 5.41 Å². The molecule has 6 heteroatoms. The van der Waals surface area contributed by atoms with Crippen LogP contribution >= 0.6 is 0 Å². The van der Waals surface area contributed by atoms with Crippen molar-refractivity contribution in [1.82, 2.24) is 0 Å². The Morgan fingerprint density at radius 2 is 2.00 bits per heavy atom. The molecule has 0 aromatic carbocycles. The van der Waals surface area contributed by atoms with Crippen LogP contribution in [0.3, 0.4) is 0 Å². The summed E-state index contributed by atoms with van der Waals surface area (Å²) >= 11 is 0. The van der Waals surface area contributed by atoms with Crippen LogP contribution in [-0.4, -0.2) is 24.8 Å². The summed E-state index contributed by atoms with van der Waals surface area (Å²) in [6.07, 6.45) is -0.556. The molecule has 1 N–H and O–H groups in total. The van der Waals surface area contributed by atoms with Gasteiger partial charge in [0.2, 0.25) is 6.29 Å². The molecule has 0 radical (unpaired) electrons. The van der Waals surface area contributed by atoms with E-state index in [0.29, 0.717) is 18.4 Å². The third-order valence-electron chi connectivity index (χ3n) is 3.60. The van der Waals surface area contributed by atoms with E-state index >= 15 is 0 Å². The lowest BCUT2D eigenvalue weighted by molar-refractivity contribution is -0.214. The number of nitrogens with one attached hydrogen (secondary N) is 1. The molecule has 6 nitrogen and oxygen atoms in total.